The summed E-state index contributed by atoms with van der Waals surface area (Å²) in [6.45, 7) is 4.56. The van der Waals surface area contributed by atoms with Crippen molar-refractivity contribution in [3.63, 3.8) is 0 Å². The van der Waals surface area contributed by atoms with Gasteiger partial charge < -0.3 is 5.11 Å². The van der Waals surface area contributed by atoms with Crippen LogP contribution in [0.25, 0.3) is 0 Å². The zero-order valence-electron chi connectivity index (χ0n) is 30.8. The second-order valence-corrected chi connectivity index (χ2v) is 14.6. The molecule has 0 aliphatic rings. The van der Waals surface area contributed by atoms with E-state index in [1.165, 1.54) is 218 Å². The Balaban J connectivity index is 3.25. The minimum Gasteiger partial charge on any atom is -0.481 e. The third-order valence-electron chi connectivity index (χ3n) is 10.2. The Labute approximate surface area is 279 Å². The highest BCUT2D eigenvalue weighted by Gasteiger charge is 2.16. The number of carbonyl (C=O) groups is 1. The van der Waals surface area contributed by atoms with Gasteiger partial charge in [0.1, 0.15) is 0 Å². The first-order valence-corrected chi connectivity index (χ1v) is 20.9. The lowest BCUT2D eigenvalue weighted by molar-refractivity contribution is -0.142. The molecule has 0 radical (unpaired) electrons. The zero-order chi connectivity index (χ0) is 32.0. The second kappa shape index (κ2) is 38.7. The number of unbranched alkanes of at least 4 members (excludes halogenated alkanes) is 34. The van der Waals surface area contributed by atoms with Crippen LogP contribution in [0.4, 0.5) is 0 Å². The van der Waals surface area contributed by atoms with Crippen LogP contribution >= 0.6 is 0 Å². The van der Waals surface area contributed by atoms with Gasteiger partial charge in [-0.2, -0.15) is 0 Å². The molecule has 0 saturated heterocycles. The number of hydrogen-bond acceptors (Lipinski definition) is 1. The fraction of sp³-hybridized carbons (Fsp3) is 0.976. The van der Waals surface area contributed by atoms with E-state index < -0.39 is 5.97 Å². The predicted molar refractivity (Wildman–Crippen MR) is 198 cm³/mol. The lowest BCUT2D eigenvalue weighted by Crippen LogP contribution is -2.13. The highest BCUT2D eigenvalue weighted by Crippen LogP contribution is 2.21. The SMILES string of the molecule is CCCCCCCCCCCCCCCCCCCCCCCCCCCCCCC(CCCCCCCCCC)C(=O)O. The number of rotatable bonds is 39. The Hall–Kier alpha value is -0.530. The lowest BCUT2D eigenvalue weighted by atomic mass is 9.94. The predicted octanol–water partition coefficient (Wildman–Crippen LogP) is 15.6. The molecule has 0 aromatic heterocycles. The van der Waals surface area contributed by atoms with E-state index in [9.17, 15) is 9.90 Å². The first kappa shape index (κ1) is 43.5. The van der Waals surface area contributed by atoms with Crippen LogP contribution in [-0.4, -0.2) is 11.1 Å². The molecular formula is C42H84O2. The molecule has 264 valence electrons. The molecule has 2 nitrogen and oxygen atoms in total. The van der Waals surface area contributed by atoms with Gasteiger partial charge in [0.15, 0.2) is 0 Å². The summed E-state index contributed by atoms with van der Waals surface area (Å²) in [7, 11) is 0. The van der Waals surface area contributed by atoms with E-state index in [4.69, 9.17) is 0 Å². The Morgan fingerprint density at radius 1 is 0.318 bits per heavy atom. The first-order valence-electron chi connectivity index (χ1n) is 20.9. The van der Waals surface area contributed by atoms with Gasteiger partial charge in [0.25, 0.3) is 0 Å². The van der Waals surface area contributed by atoms with Crippen LogP contribution in [0.3, 0.4) is 0 Å². The summed E-state index contributed by atoms with van der Waals surface area (Å²) in [6.07, 6.45) is 51.9. The van der Waals surface area contributed by atoms with Crippen molar-refractivity contribution in [2.45, 2.75) is 258 Å². The summed E-state index contributed by atoms with van der Waals surface area (Å²) in [4.78, 5) is 11.6. The van der Waals surface area contributed by atoms with E-state index in [-0.39, 0.29) is 5.92 Å². The molecule has 0 rings (SSSR count). The van der Waals surface area contributed by atoms with Gasteiger partial charge in [-0.3, -0.25) is 4.79 Å². The smallest absolute Gasteiger partial charge is 0.306 e. The van der Waals surface area contributed by atoms with Crippen LogP contribution in [0.5, 0.6) is 0 Å². The number of aliphatic carboxylic acids is 1. The summed E-state index contributed by atoms with van der Waals surface area (Å²) in [5, 5.41) is 9.57. The molecule has 2 heteroatoms. The minimum atomic E-state index is -0.557. The van der Waals surface area contributed by atoms with Crippen molar-refractivity contribution in [3.8, 4) is 0 Å². The molecule has 0 heterocycles. The van der Waals surface area contributed by atoms with Gasteiger partial charge in [-0.1, -0.05) is 245 Å². The van der Waals surface area contributed by atoms with Crippen molar-refractivity contribution in [3.05, 3.63) is 0 Å². The van der Waals surface area contributed by atoms with Gasteiger partial charge >= 0.3 is 5.97 Å². The van der Waals surface area contributed by atoms with Crippen LogP contribution in [-0.2, 0) is 4.79 Å². The fourth-order valence-electron chi connectivity index (χ4n) is 6.98. The second-order valence-electron chi connectivity index (χ2n) is 14.6. The normalized spacial score (nSPS) is 12.2. The van der Waals surface area contributed by atoms with Crippen LogP contribution in [0.2, 0.25) is 0 Å². The molecule has 1 atom stereocenters. The van der Waals surface area contributed by atoms with Crippen LogP contribution < -0.4 is 0 Å². The van der Waals surface area contributed by atoms with Crippen molar-refractivity contribution in [1.29, 1.82) is 0 Å². The van der Waals surface area contributed by atoms with Crippen LogP contribution in [0.15, 0.2) is 0 Å². The quantitative estimate of drug-likeness (QED) is 0.0694. The molecule has 0 amide bonds. The molecule has 0 aliphatic carbocycles. The molecule has 0 spiro atoms. The van der Waals surface area contributed by atoms with Gasteiger partial charge in [-0.05, 0) is 12.8 Å². The van der Waals surface area contributed by atoms with E-state index >= 15 is 0 Å². The summed E-state index contributed by atoms with van der Waals surface area (Å²) < 4.78 is 0. The van der Waals surface area contributed by atoms with Crippen molar-refractivity contribution < 1.29 is 9.90 Å². The van der Waals surface area contributed by atoms with Gasteiger partial charge in [0.05, 0.1) is 5.92 Å². The van der Waals surface area contributed by atoms with Crippen molar-refractivity contribution in [2.75, 3.05) is 0 Å². The molecule has 0 aliphatic heterocycles. The Morgan fingerprint density at radius 2 is 0.477 bits per heavy atom. The largest absolute Gasteiger partial charge is 0.481 e. The van der Waals surface area contributed by atoms with Crippen molar-refractivity contribution in [1.82, 2.24) is 0 Å². The van der Waals surface area contributed by atoms with Crippen LogP contribution in [0, 0.1) is 5.92 Å². The van der Waals surface area contributed by atoms with Gasteiger partial charge in [-0.15, -0.1) is 0 Å². The monoisotopic (exact) mass is 621 g/mol. The molecule has 1 N–H and O–H groups in total. The standard InChI is InChI=1S/C42H84O2/c1-3-5-7-9-11-13-14-15-16-17-18-19-20-21-22-23-24-25-26-27-28-29-30-31-32-34-36-38-40-41(42(43)44)39-37-35-33-12-10-8-6-4-2/h41H,3-40H2,1-2H3,(H,43,44). The lowest BCUT2D eigenvalue weighted by Gasteiger charge is -2.12. The molecule has 0 aromatic rings. The number of carboxylic acid groups (broad SMARTS) is 1. The zero-order valence-corrected chi connectivity index (χ0v) is 30.8. The maximum Gasteiger partial charge on any atom is 0.306 e. The Morgan fingerprint density at radius 3 is 0.636 bits per heavy atom. The maximum absolute atomic E-state index is 11.6. The average molecular weight is 621 g/mol. The van der Waals surface area contributed by atoms with Crippen molar-refractivity contribution >= 4 is 5.97 Å². The summed E-state index contributed by atoms with van der Waals surface area (Å²) in [6, 6.07) is 0. The Bertz CT molecular complexity index is 530. The van der Waals surface area contributed by atoms with E-state index in [0.29, 0.717) is 0 Å². The number of hydrogen-bond donors (Lipinski definition) is 1. The summed E-state index contributed by atoms with van der Waals surface area (Å²) in [5.74, 6) is -0.655. The van der Waals surface area contributed by atoms with Crippen LogP contribution in [0.1, 0.15) is 258 Å². The van der Waals surface area contributed by atoms with Crippen molar-refractivity contribution in [2.24, 2.45) is 5.92 Å². The minimum absolute atomic E-state index is 0.0980. The number of carboxylic acids is 1. The molecular weight excluding hydrogens is 536 g/mol. The molecule has 0 bridgehead atoms. The highest BCUT2D eigenvalue weighted by molar-refractivity contribution is 5.69. The Kier molecular flexibility index (Phi) is 38.2. The molecule has 1 unspecified atom stereocenters. The van der Waals surface area contributed by atoms with Gasteiger partial charge in [0, 0.05) is 0 Å². The fourth-order valence-corrected chi connectivity index (χ4v) is 6.98. The van der Waals surface area contributed by atoms with E-state index in [2.05, 4.69) is 13.8 Å². The topological polar surface area (TPSA) is 37.3 Å². The molecule has 44 heavy (non-hydrogen) atoms. The molecule has 0 saturated carbocycles. The maximum atomic E-state index is 11.6. The van der Waals surface area contributed by atoms with Gasteiger partial charge in [-0.25, -0.2) is 0 Å². The third-order valence-corrected chi connectivity index (χ3v) is 10.2. The van der Waals surface area contributed by atoms with E-state index in [1.807, 2.05) is 0 Å². The van der Waals surface area contributed by atoms with Gasteiger partial charge in [0.2, 0.25) is 0 Å². The summed E-state index contributed by atoms with van der Waals surface area (Å²) in [5.41, 5.74) is 0. The highest BCUT2D eigenvalue weighted by atomic mass is 16.4. The molecule has 0 aromatic carbocycles. The average Bonchev–Trinajstić information content (AvgIpc) is 3.02. The third kappa shape index (κ3) is 35.9. The van der Waals surface area contributed by atoms with E-state index in [1.54, 1.807) is 0 Å². The summed E-state index contributed by atoms with van der Waals surface area (Å²) >= 11 is 0. The molecule has 0 fully saturated rings. The van der Waals surface area contributed by atoms with E-state index in [0.717, 1.165) is 25.7 Å². The first-order chi connectivity index (χ1) is 21.7.